The van der Waals surface area contributed by atoms with Gasteiger partial charge in [0.1, 0.15) is 5.76 Å². The molecule has 0 atom stereocenters. The minimum Gasteiger partial charge on any atom is -0.508 e. The Morgan fingerprint density at radius 3 is 2.69 bits per heavy atom. The summed E-state index contributed by atoms with van der Waals surface area (Å²) in [6.07, 6.45) is 13.3. The van der Waals surface area contributed by atoms with Crippen LogP contribution in [0.5, 0.6) is 0 Å². The van der Waals surface area contributed by atoms with Crippen molar-refractivity contribution in [3.8, 4) is 0 Å². The molecule has 1 heteroatoms. The molecule has 0 aromatic carbocycles. The van der Waals surface area contributed by atoms with Gasteiger partial charge in [-0.1, -0.05) is 44.9 Å². The second-order valence-electron chi connectivity index (χ2n) is 3.07. The first-order valence-corrected chi connectivity index (χ1v) is 4.99. The Hall–Kier alpha value is -0.980. The lowest BCUT2D eigenvalue weighted by atomic mass is 10.1. The Morgan fingerprint density at radius 1 is 1.31 bits per heavy atom. The normalized spacial score (nSPS) is 12.2. The molecule has 0 aromatic rings. The van der Waals surface area contributed by atoms with Crippen molar-refractivity contribution in [2.24, 2.45) is 0 Å². The van der Waals surface area contributed by atoms with E-state index in [4.69, 9.17) is 5.11 Å². The number of allylic oxidation sites excluding steroid dienone is 4. The van der Waals surface area contributed by atoms with E-state index in [1.807, 2.05) is 6.08 Å². The van der Waals surface area contributed by atoms with Gasteiger partial charge in [0.25, 0.3) is 0 Å². The van der Waals surface area contributed by atoms with E-state index in [-0.39, 0.29) is 5.76 Å². The molecule has 0 bridgehead atoms. The summed E-state index contributed by atoms with van der Waals surface area (Å²) in [4.78, 5) is 0. The van der Waals surface area contributed by atoms with E-state index in [2.05, 4.69) is 19.6 Å². The highest BCUT2D eigenvalue weighted by Gasteiger charge is 1.83. The summed E-state index contributed by atoms with van der Waals surface area (Å²) >= 11 is 0. The summed E-state index contributed by atoms with van der Waals surface area (Å²) in [5.74, 6) is 0.227. The Balaban J connectivity index is 3.36. The number of hydrogen-bond donors (Lipinski definition) is 1. The van der Waals surface area contributed by atoms with Crippen molar-refractivity contribution in [1.29, 1.82) is 0 Å². The molecule has 13 heavy (non-hydrogen) atoms. The number of aliphatic hydroxyl groups is 1. The van der Waals surface area contributed by atoms with Crippen molar-refractivity contribution in [1.82, 2.24) is 0 Å². The van der Waals surface area contributed by atoms with Crippen LogP contribution < -0.4 is 0 Å². The summed E-state index contributed by atoms with van der Waals surface area (Å²) < 4.78 is 0. The molecule has 0 heterocycles. The number of aliphatic hydroxyl groups excluding tert-OH is 1. The molecular weight excluding hydrogens is 160 g/mol. The molecular formula is C12H20O. The molecule has 0 spiro atoms. The van der Waals surface area contributed by atoms with Gasteiger partial charge in [-0.15, -0.1) is 0 Å². The van der Waals surface area contributed by atoms with Gasteiger partial charge in [0.15, 0.2) is 0 Å². The van der Waals surface area contributed by atoms with Gasteiger partial charge in [-0.2, -0.15) is 0 Å². The zero-order chi connectivity index (χ0) is 9.94. The third kappa shape index (κ3) is 8.93. The van der Waals surface area contributed by atoms with Crippen LogP contribution in [0.2, 0.25) is 0 Å². The van der Waals surface area contributed by atoms with Gasteiger partial charge in [0, 0.05) is 0 Å². The van der Waals surface area contributed by atoms with Crippen LogP contribution in [0.4, 0.5) is 0 Å². The summed E-state index contributed by atoms with van der Waals surface area (Å²) in [7, 11) is 0. The summed E-state index contributed by atoms with van der Waals surface area (Å²) in [6, 6.07) is 0. The summed E-state index contributed by atoms with van der Waals surface area (Å²) in [5.41, 5.74) is 0. The molecule has 74 valence electrons. The van der Waals surface area contributed by atoms with E-state index in [0.29, 0.717) is 0 Å². The predicted octanol–water partition coefficient (Wildman–Crippen LogP) is 4.14. The molecule has 0 rings (SSSR count). The van der Waals surface area contributed by atoms with Crippen LogP contribution in [-0.4, -0.2) is 5.11 Å². The van der Waals surface area contributed by atoms with E-state index in [1.54, 1.807) is 6.08 Å². The highest BCUT2D eigenvalue weighted by atomic mass is 16.3. The van der Waals surface area contributed by atoms with E-state index < -0.39 is 0 Å². The molecule has 1 nitrogen and oxygen atoms in total. The number of rotatable bonds is 7. The molecule has 1 N–H and O–H groups in total. The van der Waals surface area contributed by atoms with Gasteiger partial charge < -0.3 is 5.11 Å². The van der Waals surface area contributed by atoms with Gasteiger partial charge in [-0.25, -0.2) is 0 Å². The third-order valence-corrected chi connectivity index (χ3v) is 1.84. The lowest BCUT2D eigenvalue weighted by Crippen LogP contribution is -1.73. The summed E-state index contributed by atoms with van der Waals surface area (Å²) in [5, 5.41) is 8.99. The molecule has 0 aromatic heterocycles. The van der Waals surface area contributed by atoms with Gasteiger partial charge in [-0.05, 0) is 25.0 Å². The fraction of sp³-hybridized carbons (Fsp3) is 0.500. The Kier molecular flexibility index (Phi) is 8.42. The fourth-order valence-corrected chi connectivity index (χ4v) is 1.02. The second-order valence-corrected chi connectivity index (χ2v) is 3.07. The van der Waals surface area contributed by atoms with Crippen molar-refractivity contribution in [2.45, 2.75) is 39.0 Å². The van der Waals surface area contributed by atoms with E-state index in [9.17, 15) is 0 Å². The molecule has 0 fully saturated rings. The second kappa shape index (κ2) is 9.11. The highest BCUT2D eigenvalue weighted by molar-refractivity contribution is 5.14. The lowest BCUT2D eigenvalue weighted by molar-refractivity contribution is 0.433. The van der Waals surface area contributed by atoms with Gasteiger partial charge >= 0.3 is 0 Å². The number of unbranched alkanes of at least 4 members (excludes halogenated alkanes) is 4. The minimum atomic E-state index is 0.227. The van der Waals surface area contributed by atoms with Crippen LogP contribution in [0.25, 0.3) is 0 Å². The van der Waals surface area contributed by atoms with Crippen LogP contribution in [0, 0.1) is 0 Å². The zero-order valence-electron chi connectivity index (χ0n) is 8.50. The van der Waals surface area contributed by atoms with Crippen molar-refractivity contribution in [3.05, 3.63) is 36.6 Å². The Labute approximate surface area is 81.5 Å². The topological polar surface area (TPSA) is 20.2 Å². The van der Waals surface area contributed by atoms with Crippen LogP contribution in [0.1, 0.15) is 39.0 Å². The van der Waals surface area contributed by atoms with Crippen molar-refractivity contribution in [3.63, 3.8) is 0 Å². The quantitative estimate of drug-likeness (QED) is 0.354. The SMILES string of the molecule is C=C/C(O)=C\C=C\CCCCCC. The van der Waals surface area contributed by atoms with Crippen molar-refractivity contribution in [2.75, 3.05) is 0 Å². The Bertz CT molecular complexity index is 178. The molecule has 0 saturated carbocycles. The van der Waals surface area contributed by atoms with Crippen LogP contribution in [0.15, 0.2) is 36.6 Å². The van der Waals surface area contributed by atoms with Gasteiger partial charge in [0.05, 0.1) is 0 Å². The first-order chi connectivity index (χ1) is 6.31. The maximum Gasteiger partial charge on any atom is 0.114 e. The largest absolute Gasteiger partial charge is 0.508 e. The van der Waals surface area contributed by atoms with E-state index in [1.165, 1.54) is 31.8 Å². The first kappa shape index (κ1) is 12.0. The molecule has 0 saturated heterocycles. The monoisotopic (exact) mass is 180 g/mol. The lowest BCUT2D eigenvalue weighted by Gasteiger charge is -1.93. The number of hydrogen-bond acceptors (Lipinski definition) is 1. The van der Waals surface area contributed by atoms with E-state index >= 15 is 0 Å². The van der Waals surface area contributed by atoms with Crippen molar-refractivity contribution >= 4 is 0 Å². The Morgan fingerprint density at radius 2 is 2.08 bits per heavy atom. The smallest absolute Gasteiger partial charge is 0.114 e. The maximum absolute atomic E-state index is 8.99. The minimum absolute atomic E-state index is 0.227. The molecule has 0 aliphatic rings. The van der Waals surface area contributed by atoms with E-state index in [0.717, 1.165) is 6.42 Å². The average molecular weight is 180 g/mol. The molecule has 0 amide bonds. The third-order valence-electron chi connectivity index (χ3n) is 1.84. The first-order valence-electron chi connectivity index (χ1n) is 4.99. The zero-order valence-corrected chi connectivity index (χ0v) is 8.50. The molecule has 0 aliphatic heterocycles. The van der Waals surface area contributed by atoms with Crippen molar-refractivity contribution < 1.29 is 5.11 Å². The predicted molar refractivity (Wildman–Crippen MR) is 58.8 cm³/mol. The molecule has 0 aliphatic carbocycles. The maximum atomic E-state index is 8.99. The average Bonchev–Trinajstić information content (AvgIpc) is 2.16. The van der Waals surface area contributed by atoms with Crippen LogP contribution >= 0.6 is 0 Å². The van der Waals surface area contributed by atoms with Crippen LogP contribution in [0.3, 0.4) is 0 Å². The standard InChI is InChI=1S/C12H20O/c1-3-5-6-7-8-9-10-11-12(13)4-2/h4,9-11,13H,2-3,5-8H2,1H3/b10-9+,12-11+. The van der Waals surface area contributed by atoms with Gasteiger partial charge in [0.2, 0.25) is 0 Å². The fourth-order valence-electron chi connectivity index (χ4n) is 1.02. The summed E-state index contributed by atoms with van der Waals surface area (Å²) in [6.45, 7) is 5.66. The molecule has 0 radical (unpaired) electrons. The molecule has 0 unspecified atom stereocenters. The van der Waals surface area contributed by atoms with Crippen LogP contribution in [-0.2, 0) is 0 Å². The highest BCUT2D eigenvalue weighted by Crippen LogP contribution is 2.03. The van der Waals surface area contributed by atoms with Gasteiger partial charge in [-0.3, -0.25) is 0 Å².